The molecule has 5 heteroatoms. The van der Waals surface area contributed by atoms with Gasteiger partial charge in [0.25, 0.3) is 0 Å². The first-order valence-corrected chi connectivity index (χ1v) is 7.00. The summed E-state index contributed by atoms with van der Waals surface area (Å²) in [6, 6.07) is 9.72. The van der Waals surface area contributed by atoms with Gasteiger partial charge in [0.2, 0.25) is 11.8 Å². The zero-order valence-electron chi connectivity index (χ0n) is 11.0. The predicted molar refractivity (Wildman–Crippen MR) is 72.4 cm³/mol. The largest absolute Gasteiger partial charge is 0.339 e. The number of amides is 1. The maximum absolute atomic E-state index is 12.1. The molecule has 4 rings (SSSR count). The van der Waals surface area contributed by atoms with Gasteiger partial charge in [-0.2, -0.15) is 4.98 Å². The average molecular weight is 269 g/mol. The van der Waals surface area contributed by atoms with Crippen LogP contribution in [0.3, 0.4) is 0 Å². The third-order valence-electron chi connectivity index (χ3n) is 3.94. The smallest absolute Gasteiger partial charge is 0.232 e. The average Bonchev–Trinajstić information content (AvgIpc) is 3.08. The van der Waals surface area contributed by atoms with Crippen LogP contribution in [0, 0.1) is 0 Å². The highest BCUT2D eigenvalue weighted by molar-refractivity contribution is 5.96. The number of rotatable bonds is 3. The Kier molecular flexibility index (Phi) is 2.58. The first-order valence-electron chi connectivity index (χ1n) is 7.00. The molecule has 1 aromatic heterocycles. The van der Waals surface area contributed by atoms with Gasteiger partial charge >= 0.3 is 0 Å². The lowest BCUT2D eigenvalue weighted by Gasteiger charge is -2.15. The zero-order chi connectivity index (χ0) is 13.5. The van der Waals surface area contributed by atoms with Crippen LogP contribution in [0.4, 0.5) is 5.69 Å². The van der Waals surface area contributed by atoms with Gasteiger partial charge in [0.15, 0.2) is 5.82 Å². The summed E-state index contributed by atoms with van der Waals surface area (Å²) in [5, 5.41) is 4.03. The van der Waals surface area contributed by atoms with E-state index in [4.69, 9.17) is 4.52 Å². The van der Waals surface area contributed by atoms with Gasteiger partial charge in [-0.25, -0.2) is 0 Å². The summed E-state index contributed by atoms with van der Waals surface area (Å²) in [4.78, 5) is 18.4. The number of anilines is 1. The number of hydrogen-bond donors (Lipinski definition) is 0. The third-order valence-corrected chi connectivity index (χ3v) is 3.94. The van der Waals surface area contributed by atoms with Gasteiger partial charge in [-0.15, -0.1) is 0 Å². The number of carbonyl (C=O) groups is 1. The van der Waals surface area contributed by atoms with Crippen LogP contribution in [0.5, 0.6) is 0 Å². The van der Waals surface area contributed by atoms with Gasteiger partial charge in [-0.1, -0.05) is 23.4 Å². The summed E-state index contributed by atoms with van der Waals surface area (Å²) in [6.07, 6.45) is 2.75. The van der Waals surface area contributed by atoms with E-state index in [1.54, 1.807) is 4.90 Å². The molecule has 2 aliphatic rings. The Morgan fingerprint density at radius 3 is 2.70 bits per heavy atom. The van der Waals surface area contributed by atoms with Crippen molar-refractivity contribution in [2.24, 2.45) is 0 Å². The molecule has 20 heavy (non-hydrogen) atoms. The highest BCUT2D eigenvalue weighted by Crippen LogP contribution is 2.39. The molecule has 1 saturated carbocycles. The van der Waals surface area contributed by atoms with Gasteiger partial charge < -0.3 is 9.42 Å². The van der Waals surface area contributed by atoms with Crippen molar-refractivity contribution < 1.29 is 9.32 Å². The van der Waals surface area contributed by atoms with Crippen molar-refractivity contribution in [3.63, 3.8) is 0 Å². The molecule has 102 valence electrons. The number of nitrogens with zero attached hydrogens (tertiary/aromatic N) is 3. The molecule has 0 unspecified atom stereocenters. The first-order chi connectivity index (χ1) is 9.81. The summed E-state index contributed by atoms with van der Waals surface area (Å²) >= 11 is 0. The molecule has 1 aliphatic heterocycles. The molecule has 2 aromatic rings. The van der Waals surface area contributed by atoms with Crippen LogP contribution in [0.2, 0.25) is 0 Å². The van der Waals surface area contributed by atoms with Crippen molar-refractivity contribution in [3.05, 3.63) is 42.0 Å². The van der Waals surface area contributed by atoms with E-state index in [2.05, 4.69) is 10.1 Å². The molecule has 0 bridgehead atoms. The van der Waals surface area contributed by atoms with Gasteiger partial charge in [-0.05, 0) is 25.0 Å². The highest BCUT2D eigenvalue weighted by Gasteiger charge is 2.36. The molecule has 0 radical (unpaired) electrons. The lowest BCUT2D eigenvalue weighted by Crippen LogP contribution is -2.24. The fraction of sp³-hybridized carbons (Fsp3) is 0.400. The normalized spacial score (nSPS) is 22.5. The molecule has 1 atom stereocenters. The van der Waals surface area contributed by atoms with E-state index in [1.807, 2.05) is 30.3 Å². The number of benzene rings is 1. The summed E-state index contributed by atoms with van der Waals surface area (Å²) in [7, 11) is 0. The van der Waals surface area contributed by atoms with E-state index in [-0.39, 0.29) is 11.8 Å². The minimum Gasteiger partial charge on any atom is -0.339 e. The molecular formula is C15H15N3O2. The SMILES string of the molecule is O=C1C[C@H](c2nc(C3CC3)no2)CN1c1ccccc1. The van der Waals surface area contributed by atoms with Crippen LogP contribution in [-0.4, -0.2) is 22.6 Å². The second-order valence-electron chi connectivity index (χ2n) is 5.51. The maximum atomic E-state index is 12.1. The summed E-state index contributed by atoms with van der Waals surface area (Å²) in [5.74, 6) is 2.04. The monoisotopic (exact) mass is 269 g/mol. The van der Waals surface area contributed by atoms with E-state index in [9.17, 15) is 4.79 Å². The highest BCUT2D eigenvalue weighted by atomic mass is 16.5. The minimum absolute atomic E-state index is 0.0164. The van der Waals surface area contributed by atoms with E-state index in [0.29, 0.717) is 24.8 Å². The Morgan fingerprint density at radius 2 is 1.95 bits per heavy atom. The Labute approximate surface area is 116 Å². The third kappa shape index (κ3) is 1.99. The number of carbonyl (C=O) groups excluding carboxylic acids is 1. The minimum atomic E-state index is 0.0164. The predicted octanol–water partition coefficient (Wildman–Crippen LogP) is 2.47. The maximum Gasteiger partial charge on any atom is 0.232 e. The molecular weight excluding hydrogens is 254 g/mol. The Hall–Kier alpha value is -2.17. The lowest BCUT2D eigenvalue weighted by molar-refractivity contribution is -0.117. The van der Waals surface area contributed by atoms with Crippen LogP contribution in [0.25, 0.3) is 0 Å². The fourth-order valence-electron chi connectivity index (χ4n) is 2.65. The van der Waals surface area contributed by atoms with Crippen LogP contribution >= 0.6 is 0 Å². The molecule has 1 aliphatic carbocycles. The summed E-state index contributed by atoms with van der Waals surface area (Å²) in [6.45, 7) is 0.620. The van der Waals surface area contributed by atoms with E-state index in [0.717, 1.165) is 24.4 Å². The molecule has 0 N–H and O–H groups in total. The van der Waals surface area contributed by atoms with Crippen molar-refractivity contribution in [1.29, 1.82) is 0 Å². The van der Waals surface area contributed by atoms with Crippen LogP contribution in [0.1, 0.15) is 42.8 Å². The lowest BCUT2D eigenvalue weighted by atomic mass is 10.1. The Bertz CT molecular complexity index is 634. The van der Waals surface area contributed by atoms with E-state index in [1.165, 1.54) is 0 Å². The Balaban J connectivity index is 1.54. The fourth-order valence-corrected chi connectivity index (χ4v) is 2.65. The molecule has 1 aromatic carbocycles. The van der Waals surface area contributed by atoms with Crippen LogP contribution < -0.4 is 4.90 Å². The molecule has 2 heterocycles. The molecule has 2 fully saturated rings. The Morgan fingerprint density at radius 1 is 1.15 bits per heavy atom. The van der Waals surface area contributed by atoms with Crippen LogP contribution in [0.15, 0.2) is 34.9 Å². The molecule has 1 amide bonds. The van der Waals surface area contributed by atoms with Gasteiger partial charge in [0, 0.05) is 24.6 Å². The molecule has 1 saturated heterocycles. The number of aromatic nitrogens is 2. The second kappa shape index (κ2) is 4.44. The second-order valence-corrected chi connectivity index (χ2v) is 5.51. The van der Waals surface area contributed by atoms with Crippen LogP contribution in [-0.2, 0) is 4.79 Å². The quantitative estimate of drug-likeness (QED) is 0.858. The summed E-state index contributed by atoms with van der Waals surface area (Å²) < 4.78 is 5.34. The van der Waals surface area contributed by atoms with E-state index >= 15 is 0 Å². The van der Waals surface area contributed by atoms with Crippen molar-refractivity contribution in [3.8, 4) is 0 Å². The number of hydrogen-bond acceptors (Lipinski definition) is 4. The molecule has 0 spiro atoms. The van der Waals surface area contributed by atoms with Crippen molar-refractivity contribution in [1.82, 2.24) is 10.1 Å². The van der Waals surface area contributed by atoms with E-state index < -0.39 is 0 Å². The van der Waals surface area contributed by atoms with Gasteiger partial charge in [0.05, 0.1) is 5.92 Å². The van der Waals surface area contributed by atoms with Gasteiger partial charge in [-0.3, -0.25) is 4.79 Å². The number of para-hydroxylation sites is 1. The van der Waals surface area contributed by atoms with Crippen molar-refractivity contribution in [2.75, 3.05) is 11.4 Å². The standard InChI is InChI=1S/C15H15N3O2/c19-13-8-11(9-18(13)12-4-2-1-3-5-12)15-16-14(17-20-15)10-6-7-10/h1-5,10-11H,6-9H2/t11-/m0/s1. The van der Waals surface area contributed by atoms with Crippen molar-refractivity contribution >= 4 is 11.6 Å². The topological polar surface area (TPSA) is 59.2 Å². The van der Waals surface area contributed by atoms with Gasteiger partial charge in [0.1, 0.15) is 0 Å². The van der Waals surface area contributed by atoms with Crippen molar-refractivity contribution in [2.45, 2.75) is 31.1 Å². The summed E-state index contributed by atoms with van der Waals surface area (Å²) in [5.41, 5.74) is 0.932. The first kappa shape index (κ1) is 11.6. The molecule has 5 nitrogen and oxygen atoms in total. The zero-order valence-corrected chi connectivity index (χ0v) is 11.0.